The van der Waals surface area contributed by atoms with Crippen LogP contribution in [0.4, 0.5) is 0 Å². The summed E-state index contributed by atoms with van der Waals surface area (Å²) in [7, 11) is 1.96. The standard InChI is InChI=1S/C17H34N6O.HI/c1-5-7-10-18-17(19-11-9-13-24-12-8-6-2)20-14-16-22-21-15(3)23(16)4;/h5-14H2,1-4H3,(H2,18,19,20);1H. The Bertz CT molecular complexity index is 478. The van der Waals surface area contributed by atoms with E-state index < -0.39 is 0 Å². The highest BCUT2D eigenvalue weighted by atomic mass is 127. The van der Waals surface area contributed by atoms with Crippen molar-refractivity contribution in [3.05, 3.63) is 11.6 Å². The van der Waals surface area contributed by atoms with Gasteiger partial charge in [0.25, 0.3) is 0 Å². The highest BCUT2D eigenvalue weighted by Gasteiger charge is 2.05. The molecule has 1 rings (SSSR count). The van der Waals surface area contributed by atoms with Crippen LogP contribution in [0.25, 0.3) is 0 Å². The van der Waals surface area contributed by atoms with Gasteiger partial charge in [-0.15, -0.1) is 34.2 Å². The van der Waals surface area contributed by atoms with Crippen molar-refractivity contribution < 1.29 is 4.74 Å². The van der Waals surface area contributed by atoms with Gasteiger partial charge in [-0.2, -0.15) is 0 Å². The minimum Gasteiger partial charge on any atom is -0.381 e. The number of nitrogens with one attached hydrogen (secondary N) is 2. The van der Waals surface area contributed by atoms with Gasteiger partial charge >= 0.3 is 0 Å². The molecule has 0 amide bonds. The fourth-order valence-electron chi connectivity index (χ4n) is 2.03. The molecular weight excluding hydrogens is 431 g/mol. The lowest BCUT2D eigenvalue weighted by Gasteiger charge is -2.12. The molecule has 0 saturated carbocycles. The third-order valence-corrected chi connectivity index (χ3v) is 3.78. The minimum absolute atomic E-state index is 0. The first-order valence-electron chi connectivity index (χ1n) is 9.13. The van der Waals surface area contributed by atoms with Crippen LogP contribution in [0.2, 0.25) is 0 Å². The van der Waals surface area contributed by atoms with E-state index in [1.165, 1.54) is 6.42 Å². The zero-order chi connectivity index (χ0) is 17.6. The zero-order valence-corrected chi connectivity index (χ0v) is 18.5. The molecule has 25 heavy (non-hydrogen) atoms. The molecule has 0 aliphatic heterocycles. The molecule has 0 aliphatic rings. The van der Waals surface area contributed by atoms with Crippen molar-refractivity contribution in [3.8, 4) is 0 Å². The van der Waals surface area contributed by atoms with Crippen molar-refractivity contribution in [2.45, 2.75) is 59.4 Å². The number of unbranched alkanes of at least 4 members (excludes halogenated alkanes) is 2. The maximum Gasteiger partial charge on any atom is 0.191 e. The van der Waals surface area contributed by atoms with Gasteiger partial charge in [0, 0.05) is 33.4 Å². The summed E-state index contributed by atoms with van der Waals surface area (Å²) in [6.45, 7) is 10.2. The fraction of sp³-hybridized carbons (Fsp3) is 0.824. The Morgan fingerprint density at radius 1 is 1.04 bits per heavy atom. The van der Waals surface area contributed by atoms with Gasteiger partial charge in [0.05, 0.1) is 0 Å². The minimum atomic E-state index is 0. The topological polar surface area (TPSA) is 76.4 Å². The van der Waals surface area contributed by atoms with Crippen LogP contribution in [0, 0.1) is 6.92 Å². The van der Waals surface area contributed by atoms with Crippen LogP contribution in [0.1, 0.15) is 57.6 Å². The van der Waals surface area contributed by atoms with Gasteiger partial charge in [0.2, 0.25) is 0 Å². The van der Waals surface area contributed by atoms with Gasteiger partial charge in [-0.05, 0) is 26.2 Å². The average molecular weight is 466 g/mol. The molecule has 7 nitrogen and oxygen atoms in total. The Balaban J connectivity index is 0.00000576. The van der Waals surface area contributed by atoms with Gasteiger partial charge in [-0.1, -0.05) is 26.7 Å². The lowest BCUT2D eigenvalue weighted by atomic mass is 10.3. The van der Waals surface area contributed by atoms with Crippen LogP contribution in [0.5, 0.6) is 0 Å². The smallest absolute Gasteiger partial charge is 0.191 e. The number of aromatic nitrogens is 3. The quantitative estimate of drug-likeness (QED) is 0.215. The molecule has 0 aromatic carbocycles. The maximum atomic E-state index is 5.58. The first-order valence-corrected chi connectivity index (χ1v) is 9.13. The van der Waals surface area contributed by atoms with Crippen LogP contribution in [-0.2, 0) is 18.3 Å². The molecule has 1 aromatic rings. The van der Waals surface area contributed by atoms with Crippen LogP contribution < -0.4 is 10.6 Å². The van der Waals surface area contributed by atoms with E-state index in [0.29, 0.717) is 6.54 Å². The summed E-state index contributed by atoms with van der Waals surface area (Å²) in [5, 5.41) is 15.0. The lowest BCUT2D eigenvalue weighted by Crippen LogP contribution is -2.38. The molecule has 0 radical (unpaired) electrons. The third-order valence-electron chi connectivity index (χ3n) is 3.78. The lowest BCUT2D eigenvalue weighted by molar-refractivity contribution is 0.129. The molecular formula is C17H35IN6O. The van der Waals surface area contributed by atoms with Crippen molar-refractivity contribution in [2.75, 3.05) is 26.3 Å². The number of aliphatic imine (C=N–C) groups is 1. The largest absolute Gasteiger partial charge is 0.381 e. The molecule has 0 unspecified atom stereocenters. The van der Waals surface area contributed by atoms with Crippen molar-refractivity contribution in [3.63, 3.8) is 0 Å². The molecule has 1 aromatic heterocycles. The molecule has 2 N–H and O–H groups in total. The second-order valence-electron chi connectivity index (χ2n) is 5.91. The van der Waals surface area contributed by atoms with Crippen LogP contribution in [0.3, 0.4) is 0 Å². The number of aryl methyl sites for hydroxylation is 1. The van der Waals surface area contributed by atoms with E-state index in [9.17, 15) is 0 Å². The normalized spacial score (nSPS) is 11.3. The SMILES string of the molecule is CCCCNC(=NCc1nnc(C)n1C)NCCCOCCCC.I. The second-order valence-corrected chi connectivity index (χ2v) is 5.91. The summed E-state index contributed by atoms with van der Waals surface area (Å²) >= 11 is 0. The van der Waals surface area contributed by atoms with Gasteiger partial charge in [-0.25, -0.2) is 4.99 Å². The monoisotopic (exact) mass is 466 g/mol. The van der Waals surface area contributed by atoms with E-state index in [0.717, 1.165) is 69.6 Å². The van der Waals surface area contributed by atoms with E-state index in [1.807, 2.05) is 18.5 Å². The predicted octanol–water partition coefficient (Wildman–Crippen LogP) is 2.78. The number of ether oxygens (including phenoxy) is 1. The Labute approximate surface area is 169 Å². The van der Waals surface area contributed by atoms with E-state index in [1.54, 1.807) is 0 Å². The van der Waals surface area contributed by atoms with Crippen molar-refractivity contribution in [1.29, 1.82) is 0 Å². The van der Waals surface area contributed by atoms with Gasteiger partial charge < -0.3 is 19.9 Å². The number of guanidine groups is 1. The van der Waals surface area contributed by atoms with Gasteiger partial charge in [-0.3, -0.25) is 0 Å². The summed E-state index contributed by atoms with van der Waals surface area (Å²) in [4.78, 5) is 4.62. The Kier molecular flexibility index (Phi) is 14.8. The van der Waals surface area contributed by atoms with Crippen molar-refractivity contribution >= 4 is 29.9 Å². The Hall–Kier alpha value is -0.900. The van der Waals surface area contributed by atoms with Crippen LogP contribution in [-0.4, -0.2) is 47.0 Å². The molecule has 0 fully saturated rings. The molecule has 0 spiro atoms. The van der Waals surface area contributed by atoms with Gasteiger partial charge in [0.15, 0.2) is 11.8 Å². The van der Waals surface area contributed by atoms with Crippen molar-refractivity contribution in [1.82, 2.24) is 25.4 Å². The van der Waals surface area contributed by atoms with E-state index in [2.05, 4.69) is 39.7 Å². The maximum absolute atomic E-state index is 5.58. The molecule has 8 heteroatoms. The number of hydrogen-bond donors (Lipinski definition) is 2. The van der Waals surface area contributed by atoms with Crippen LogP contribution in [0.15, 0.2) is 4.99 Å². The molecule has 1 heterocycles. The highest BCUT2D eigenvalue weighted by Crippen LogP contribution is 1.99. The Morgan fingerprint density at radius 3 is 2.28 bits per heavy atom. The summed E-state index contributed by atoms with van der Waals surface area (Å²) in [5.41, 5.74) is 0. The van der Waals surface area contributed by atoms with E-state index >= 15 is 0 Å². The van der Waals surface area contributed by atoms with Crippen LogP contribution >= 0.6 is 24.0 Å². The second kappa shape index (κ2) is 15.4. The fourth-order valence-corrected chi connectivity index (χ4v) is 2.03. The zero-order valence-electron chi connectivity index (χ0n) is 16.2. The number of rotatable bonds is 12. The molecule has 0 saturated heterocycles. The third kappa shape index (κ3) is 10.6. The predicted molar refractivity (Wildman–Crippen MR) is 114 cm³/mol. The number of hydrogen-bond acceptors (Lipinski definition) is 4. The average Bonchev–Trinajstić information content (AvgIpc) is 2.90. The molecule has 146 valence electrons. The summed E-state index contributed by atoms with van der Waals surface area (Å²) in [6.07, 6.45) is 5.58. The molecule has 0 aliphatic carbocycles. The number of halogens is 1. The summed E-state index contributed by atoms with van der Waals surface area (Å²) < 4.78 is 7.55. The summed E-state index contributed by atoms with van der Waals surface area (Å²) in [6, 6.07) is 0. The highest BCUT2D eigenvalue weighted by molar-refractivity contribution is 14.0. The summed E-state index contributed by atoms with van der Waals surface area (Å²) in [5.74, 6) is 2.60. The molecule has 0 bridgehead atoms. The molecule has 0 atom stereocenters. The van der Waals surface area contributed by atoms with Crippen molar-refractivity contribution in [2.24, 2.45) is 12.0 Å². The van der Waals surface area contributed by atoms with Gasteiger partial charge in [0.1, 0.15) is 12.4 Å². The van der Waals surface area contributed by atoms with E-state index in [-0.39, 0.29) is 24.0 Å². The first-order chi connectivity index (χ1) is 11.7. The first kappa shape index (κ1) is 24.1. The van der Waals surface area contributed by atoms with E-state index in [4.69, 9.17) is 4.74 Å². The number of nitrogens with zero attached hydrogens (tertiary/aromatic N) is 4. The Morgan fingerprint density at radius 2 is 1.68 bits per heavy atom.